The summed E-state index contributed by atoms with van der Waals surface area (Å²) in [4.78, 5) is 0. The minimum absolute atomic E-state index is 0.267. The Labute approximate surface area is 152 Å². The Kier molecular flexibility index (Phi) is 30.1. The lowest BCUT2D eigenvalue weighted by molar-refractivity contribution is 0.125. The third-order valence-electron chi connectivity index (χ3n) is 3.85. The van der Waals surface area contributed by atoms with Crippen LogP contribution in [0.3, 0.4) is 0 Å². The summed E-state index contributed by atoms with van der Waals surface area (Å²) in [6, 6.07) is 0. The quantitative estimate of drug-likeness (QED) is 0.235. The van der Waals surface area contributed by atoms with Gasteiger partial charge in [0.25, 0.3) is 0 Å². The number of ether oxygens (including phenoxy) is 1. The molecule has 0 aliphatic rings. The topological polar surface area (TPSA) is 29.5 Å². The molecule has 142 valence electrons. The maximum absolute atomic E-state index is 8.02. The molecule has 0 unspecified atom stereocenters. The fraction of sp³-hybridized carbons (Fsp3) is 1.00. The van der Waals surface area contributed by atoms with E-state index >= 15 is 0 Å². The van der Waals surface area contributed by atoms with Gasteiger partial charge in [0, 0.05) is 19.8 Å². The van der Waals surface area contributed by atoms with Crippen LogP contribution in [0.2, 0.25) is 0 Å². The minimum Gasteiger partial charge on any atom is -0.396 e. The third kappa shape index (κ3) is 30.7. The fourth-order valence-electron chi connectivity index (χ4n) is 2.32. The monoisotopic (exact) mass is 348 g/mol. The summed E-state index contributed by atoms with van der Waals surface area (Å²) >= 11 is 3.84. The van der Waals surface area contributed by atoms with Crippen molar-refractivity contribution in [1.82, 2.24) is 0 Å². The minimum atomic E-state index is 0.267. The lowest BCUT2D eigenvalue weighted by atomic mass is 10.1. The second-order valence-electron chi connectivity index (χ2n) is 6.30. The number of thiol groups is 1. The fourth-order valence-corrected chi connectivity index (χ4v) is 2.46. The standard InChI is InChI=1S/C17H36O.C3H8OS/c1-3-5-7-9-10-11-12-13-15-17-18-16-14-8-6-4-2;4-2-1-3-5/h3-17H2,1-2H3;4-5H,1-3H2. The summed E-state index contributed by atoms with van der Waals surface area (Å²) in [5.41, 5.74) is 0. The highest BCUT2D eigenvalue weighted by atomic mass is 32.1. The van der Waals surface area contributed by atoms with Gasteiger partial charge in [-0.3, -0.25) is 0 Å². The molecular weight excluding hydrogens is 304 g/mol. The molecule has 0 aliphatic carbocycles. The summed E-state index contributed by atoms with van der Waals surface area (Å²) in [7, 11) is 0. The zero-order valence-electron chi connectivity index (χ0n) is 16.0. The van der Waals surface area contributed by atoms with Crippen molar-refractivity contribution in [3.8, 4) is 0 Å². The van der Waals surface area contributed by atoms with E-state index < -0.39 is 0 Å². The highest BCUT2D eigenvalue weighted by molar-refractivity contribution is 7.80. The maximum atomic E-state index is 8.02. The summed E-state index contributed by atoms with van der Waals surface area (Å²) in [6.07, 6.45) is 18.7. The summed E-state index contributed by atoms with van der Waals surface area (Å²) in [6.45, 7) is 6.77. The first kappa shape index (κ1) is 25.5. The van der Waals surface area contributed by atoms with E-state index in [0.717, 1.165) is 25.4 Å². The molecule has 0 atom stereocenters. The molecule has 0 amide bonds. The molecule has 0 radical (unpaired) electrons. The van der Waals surface area contributed by atoms with E-state index in [1.807, 2.05) is 0 Å². The van der Waals surface area contributed by atoms with Gasteiger partial charge in [-0.1, -0.05) is 84.5 Å². The van der Waals surface area contributed by atoms with Crippen molar-refractivity contribution in [2.75, 3.05) is 25.6 Å². The molecule has 3 heteroatoms. The molecule has 0 saturated heterocycles. The van der Waals surface area contributed by atoms with E-state index in [1.165, 1.54) is 83.5 Å². The van der Waals surface area contributed by atoms with Gasteiger partial charge in [0.05, 0.1) is 0 Å². The van der Waals surface area contributed by atoms with Crippen molar-refractivity contribution < 1.29 is 9.84 Å². The van der Waals surface area contributed by atoms with Crippen LogP contribution in [0.1, 0.15) is 104 Å². The predicted molar refractivity (Wildman–Crippen MR) is 108 cm³/mol. The zero-order valence-corrected chi connectivity index (χ0v) is 16.9. The molecule has 0 aromatic rings. The van der Waals surface area contributed by atoms with Crippen LogP contribution in [0.25, 0.3) is 0 Å². The number of hydrogen-bond donors (Lipinski definition) is 2. The molecular formula is C20H44O2S. The number of rotatable bonds is 17. The summed E-state index contributed by atoms with van der Waals surface area (Å²) in [5.74, 6) is 0.788. The van der Waals surface area contributed by atoms with E-state index in [9.17, 15) is 0 Å². The highest BCUT2D eigenvalue weighted by Crippen LogP contribution is 2.09. The van der Waals surface area contributed by atoms with Gasteiger partial charge in [-0.2, -0.15) is 12.6 Å². The lowest BCUT2D eigenvalue weighted by Crippen LogP contribution is -1.97. The highest BCUT2D eigenvalue weighted by Gasteiger charge is 1.93. The van der Waals surface area contributed by atoms with Gasteiger partial charge in [-0.15, -0.1) is 0 Å². The van der Waals surface area contributed by atoms with Crippen LogP contribution in [0.15, 0.2) is 0 Å². The molecule has 23 heavy (non-hydrogen) atoms. The molecule has 0 spiro atoms. The first-order chi connectivity index (χ1) is 11.3. The maximum Gasteiger partial charge on any atom is 0.0466 e. The molecule has 0 aliphatic heterocycles. The smallest absolute Gasteiger partial charge is 0.0466 e. The van der Waals surface area contributed by atoms with Crippen LogP contribution >= 0.6 is 12.6 Å². The second kappa shape index (κ2) is 27.1. The van der Waals surface area contributed by atoms with Gasteiger partial charge in [-0.25, -0.2) is 0 Å². The molecule has 0 aromatic carbocycles. The molecule has 0 fully saturated rings. The van der Waals surface area contributed by atoms with Crippen LogP contribution in [0, 0.1) is 0 Å². The Bertz CT molecular complexity index is 159. The van der Waals surface area contributed by atoms with Gasteiger partial charge >= 0.3 is 0 Å². The second-order valence-corrected chi connectivity index (χ2v) is 6.75. The Morgan fingerprint density at radius 1 is 0.609 bits per heavy atom. The number of hydrogen-bond acceptors (Lipinski definition) is 3. The van der Waals surface area contributed by atoms with Crippen LogP contribution in [0.5, 0.6) is 0 Å². The largest absolute Gasteiger partial charge is 0.396 e. The number of aliphatic hydroxyl groups is 1. The number of unbranched alkanes of at least 4 members (excludes halogenated alkanes) is 11. The van der Waals surface area contributed by atoms with Gasteiger partial charge in [-0.05, 0) is 25.0 Å². The van der Waals surface area contributed by atoms with Crippen LogP contribution in [0.4, 0.5) is 0 Å². The van der Waals surface area contributed by atoms with E-state index in [-0.39, 0.29) is 6.61 Å². The van der Waals surface area contributed by atoms with Gasteiger partial charge in [0.2, 0.25) is 0 Å². The Balaban J connectivity index is 0. The average Bonchev–Trinajstić information content (AvgIpc) is 2.56. The average molecular weight is 349 g/mol. The predicted octanol–water partition coefficient (Wildman–Crippen LogP) is 6.41. The van der Waals surface area contributed by atoms with Gasteiger partial charge < -0.3 is 9.84 Å². The zero-order chi connectivity index (χ0) is 17.4. The van der Waals surface area contributed by atoms with Crippen molar-refractivity contribution in [2.45, 2.75) is 104 Å². The van der Waals surface area contributed by atoms with Crippen molar-refractivity contribution in [3.05, 3.63) is 0 Å². The summed E-state index contributed by atoms with van der Waals surface area (Å²) < 4.78 is 5.64. The van der Waals surface area contributed by atoms with Crippen molar-refractivity contribution in [3.63, 3.8) is 0 Å². The summed E-state index contributed by atoms with van der Waals surface area (Å²) in [5, 5.41) is 8.02. The van der Waals surface area contributed by atoms with E-state index in [1.54, 1.807) is 0 Å². The Hall–Kier alpha value is 0.270. The van der Waals surface area contributed by atoms with Crippen LogP contribution in [-0.2, 0) is 4.74 Å². The molecule has 1 N–H and O–H groups in total. The van der Waals surface area contributed by atoms with E-state index in [0.29, 0.717) is 0 Å². The van der Waals surface area contributed by atoms with E-state index in [4.69, 9.17) is 9.84 Å². The SMILES string of the molecule is CCCCCCCCCCCOCCCCCC.OCCCS. The molecule has 0 rings (SSSR count). The molecule has 0 bridgehead atoms. The first-order valence-corrected chi connectivity index (χ1v) is 10.8. The number of aliphatic hydroxyl groups excluding tert-OH is 1. The van der Waals surface area contributed by atoms with Crippen molar-refractivity contribution in [2.24, 2.45) is 0 Å². The molecule has 2 nitrogen and oxygen atoms in total. The molecule has 0 saturated carbocycles. The molecule has 0 aromatic heterocycles. The van der Waals surface area contributed by atoms with Crippen molar-refractivity contribution >= 4 is 12.6 Å². The Morgan fingerprint density at radius 2 is 1.00 bits per heavy atom. The normalized spacial score (nSPS) is 10.4. The van der Waals surface area contributed by atoms with Gasteiger partial charge in [0.15, 0.2) is 0 Å². The van der Waals surface area contributed by atoms with Gasteiger partial charge in [0.1, 0.15) is 0 Å². The molecule has 0 heterocycles. The third-order valence-corrected chi connectivity index (χ3v) is 4.17. The van der Waals surface area contributed by atoms with Crippen LogP contribution in [-0.4, -0.2) is 30.7 Å². The van der Waals surface area contributed by atoms with Crippen LogP contribution < -0.4 is 0 Å². The van der Waals surface area contributed by atoms with Crippen molar-refractivity contribution in [1.29, 1.82) is 0 Å². The Morgan fingerprint density at radius 3 is 1.35 bits per heavy atom. The first-order valence-electron chi connectivity index (χ1n) is 10.1. The van der Waals surface area contributed by atoms with E-state index in [2.05, 4.69) is 26.5 Å². The lowest BCUT2D eigenvalue weighted by Gasteiger charge is -2.04.